The molecule has 0 aliphatic rings. The number of carbonyl (C=O) groups is 2. The summed E-state index contributed by atoms with van der Waals surface area (Å²) in [4.78, 5) is 23.4. The monoisotopic (exact) mass is 285 g/mol. The van der Waals surface area contributed by atoms with Crippen molar-refractivity contribution in [2.75, 3.05) is 34.4 Å². The predicted octanol–water partition coefficient (Wildman–Crippen LogP) is 0.261. The molecule has 0 bridgehead atoms. The molecule has 0 saturated heterocycles. The normalized spacial score (nSPS) is 14.3. The lowest BCUT2D eigenvalue weighted by Gasteiger charge is -2.30. The maximum atomic E-state index is 12.3. The number of carbonyl (C=O) groups excluding carboxylic acids is 2. The maximum absolute atomic E-state index is 12.3. The Balaban J connectivity index is 4.99. The van der Waals surface area contributed by atoms with Crippen LogP contribution >= 0.6 is 0 Å². The van der Waals surface area contributed by atoms with E-state index in [-0.39, 0.29) is 29.5 Å². The summed E-state index contributed by atoms with van der Waals surface area (Å²) in [5.74, 6) is -0.429. The third kappa shape index (κ3) is 5.30. The first-order chi connectivity index (χ1) is 9.33. The third-order valence-electron chi connectivity index (χ3n) is 3.49. The summed E-state index contributed by atoms with van der Waals surface area (Å²) in [5, 5.41) is 8.60. The summed E-state index contributed by atoms with van der Waals surface area (Å²) in [7, 11) is 5.05. The van der Waals surface area contributed by atoms with Crippen molar-refractivity contribution in [3.63, 3.8) is 0 Å². The zero-order valence-corrected chi connectivity index (χ0v) is 13.3. The molecule has 6 heteroatoms. The van der Waals surface area contributed by atoms with Crippen LogP contribution in [0.3, 0.4) is 0 Å². The van der Waals surface area contributed by atoms with Crippen LogP contribution in [0, 0.1) is 11.3 Å². The summed E-state index contributed by atoms with van der Waals surface area (Å²) in [6.07, 6.45) is 0.626. The van der Waals surface area contributed by atoms with Gasteiger partial charge in [0.2, 0.25) is 5.91 Å². The minimum Gasteiger partial charge on any atom is -0.388 e. The molecule has 0 aliphatic heterocycles. The van der Waals surface area contributed by atoms with Crippen LogP contribution in [-0.2, 0) is 14.3 Å². The molecular formula is C14H27N3O3. The smallest absolute Gasteiger partial charge is 0.227 e. The maximum Gasteiger partial charge on any atom is 0.227 e. The van der Waals surface area contributed by atoms with Gasteiger partial charge in [0.25, 0.3) is 0 Å². The van der Waals surface area contributed by atoms with E-state index < -0.39 is 0 Å². The molecule has 0 saturated carbocycles. The SMILES string of the molecule is CNCC(C)(C)C(C)C(=O)N/C(C=O)=C(\COC)NC. The van der Waals surface area contributed by atoms with Crippen molar-refractivity contribution >= 4 is 12.2 Å². The summed E-state index contributed by atoms with van der Waals surface area (Å²) in [6.45, 7) is 6.81. The van der Waals surface area contributed by atoms with E-state index >= 15 is 0 Å². The highest BCUT2D eigenvalue weighted by Crippen LogP contribution is 2.25. The first kappa shape index (κ1) is 18.6. The topological polar surface area (TPSA) is 79.5 Å². The molecule has 6 nitrogen and oxygen atoms in total. The van der Waals surface area contributed by atoms with Crippen molar-refractivity contribution in [2.45, 2.75) is 20.8 Å². The summed E-state index contributed by atoms with van der Waals surface area (Å²) < 4.78 is 4.98. The van der Waals surface area contributed by atoms with Gasteiger partial charge < -0.3 is 20.7 Å². The van der Waals surface area contributed by atoms with Gasteiger partial charge in [-0.05, 0) is 12.5 Å². The number of hydrogen-bond donors (Lipinski definition) is 3. The van der Waals surface area contributed by atoms with Crippen molar-refractivity contribution in [1.29, 1.82) is 0 Å². The molecule has 0 heterocycles. The van der Waals surface area contributed by atoms with E-state index in [1.54, 1.807) is 7.05 Å². The Kier molecular flexibility index (Phi) is 8.10. The van der Waals surface area contributed by atoms with Gasteiger partial charge >= 0.3 is 0 Å². The minimum atomic E-state index is -0.245. The van der Waals surface area contributed by atoms with Crippen molar-refractivity contribution in [2.24, 2.45) is 11.3 Å². The average Bonchev–Trinajstić information content (AvgIpc) is 2.41. The van der Waals surface area contributed by atoms with E-state index in [0.717, 1.165) is 0 Å². The van der Waals surface area contributed by atoms with E-state index in [2.05, 4.69) is 16.0 Å². The predicted molar refractivity (Wildman–Crippen MR) is 79.0 cm³/mol. The van der Waals surface area contributed by atoms with E-state index in [0.29, 0.717) is 18.5 Å². The number of aldehydes is 1. The summed E-state index contributed by atoms with van der Waals surface area (Å²) in [5.41, 5.74) is 0.550. The molecule has 1 atom stereocenters. The lowest BCUT2D eigenvalue weighted by molar-refractivity contribution is -0.127. The number of likely N-dealkylation sites (N-methyl/N-ethyl adjacent to an activating group) is 1. The van der Waals surface area contributed by atoms with Gasteiger partial charge in [-0.25, -0.2) is 0 Å². The van der Waals surface area contributed by atoms with Crippen molar-refractivity contribution in [3.05, 3.63) is 11.4 Å². The van der Waals surface area contributed by atoms with Crippen molar-refractivity contribution < 1.29 is 14.3 Å². The number of hydrogen-bond acceptors (Lipinski definition) is 5. The van der Waals surface area contributed by atoms with Gasteiger partial charge in [0.05, 0.1) is 12.3 Å². The number of nitrogens with one attached hydrogen (secondary N) is 3. The fourth-order valence-electron chi connectivity index (χ4n) is 1.81. The molecule has 116 valence electrons. The van der Waals surface area contributed by atoms with Gasteiger partial charge in [0, 0.05) is 26.6 Å². The average molecular weight is 285 g/mol. The van der Waals surface area contributed by atoms with E-state index in [9.17, 15) is 9.59 Å². The zero-order valence-electron chi connectivity index (χ0n) is 13.3. The van der Waals surface area contributed by atoms with E-state index in [1.165, 1.54) is 7.11 Å². The quantitative estimate of drug-likeness (QED) is 0.418. The Morgan fingerprint density at radius 2 is 1.95 bits per heavy atom. The van der Waals surface area contributed by atoms with E-state index in [4.69, 9.17) is 4.74 Å². The van der Waals surface area contributed by atoms with Crippen molar-refractivity contribution in [3.8, 4) is 0 Å². The molecule has 0 fully saturated rings. The number of allylic oxidation sites excluding steroid dienone is 1. The van der Waals surface area contributed by atoms with E-state index in [1.807, 2.05) is 27.8 Å². The fourth-order valence-corrected chi connectivity index (χ4v) is 1.81. The van der Waals surface area contributed by atoms with Crippen molar-refractivity contribution in [1.82, 2.24) is 16.0 Å². The van der Waals surface area contributed by atoms with Crippen LogP contribution in [0.4, 0.5) is 0 Å². The number of amides is 1. The molecule has 0 rings (SSSR count). The second-order valence-corrected chi connectivity index (χ2v) is 5.42. The van der Waals surface area contributed by atoms with Gasteiger partial charge in [-0.3, -0.25) is 9.59 Å². The molecule has 0 spiro atoms. The van der Waals surface area contributed by atoms with Crippen LogP contribution in [0.15, 0.2) is 11.4 Å². The van der Waals surface area contributed by atoms with Gasteiger partial charge in [-0.15, -0.1) is 0 Å². The Hall–Kier alpha value is -1.40. The van der Waals surface area contributed by atoms with Gasteiger partial charge in [-0.2, -0.15) is 0 Å². The standard InChI is InChI=1S/C14H27N3O3/c1-10(14(2,3)9-15-4)13(19)17-11(7-18)12(16-5)8-20-6/h7,10,15-16H,8-9H2,1-6H3,(H,17,19)/b12-11+. The molecule has 0 aromatic heterocycles. The molecule has 0 aliphatic carbocycles. The van der Waals surface area contributed by atoms with Crippen LogP contribution in [0.25, 0.3) is 0 Å². The zero-order chi connectivity index (χ0) is 15.8. The number of methoxy groups -OCH3 is 1. The highest BCUT2D eigenvalue weighted by Gasteiger charge is 2.31. The third-order valence-corrected chi connectivity index (χ3v) is 3.49. The van der Waals surface area contributed by atoms with Gasteiger partial charge in [-0.1, -0.05) is 20.8 Å². The second kappa shape index (κ2) is 8.71. The van der Waals surface area contributed by atoms with Crippen LogP contribution in [0.5, 0.6) is 0 Å². The van der Waals surface area contributed by atoms with Crippen LogP contribution < -0.4 is 16.0 Å². The molecule has 20 heavy (non-hydrogen) atoms. The molecule has 1 unspecified atom stereocenters. The Labute approximate surface area is 121 Å². The summed E-state index contributed by atoms with van der Waals surface area (Å²) >= 11 is 0. The highest BCUT2D eigenvalue weighted by atomic mass is 16.5. The molecular weight excluding hydrogens is 258 g/mol. The first-order valence-corrected chi connectivity index (χ1v) is 6.64. The Bertz CT molecular complexity index is 365. The lowest BCUT2D eigenvalue weighted by Crippen LogP contribution is -2.42. The highest BCUT2D eigenvalue weighted by molar-refractivity contribution is 5.88. The minimum absolute atomic E-state index is 0.184. The van der Waals surface area contributed by atoms with Crippen LogP contribution in [-0.4, -0.2) is 46.6 Å². The number of ether oxygens (including phenoxy) is 1. The first-order valence-electron chi connectivity index (χ1n) is 6.64. The summed E-state index contributed by atoms with van der Waals surface area (Å²) in [6, 6.07) is 0. The number of rotatable bonds is 9. The van der Waals surface area contributed by atoms with Gasteiger partial charge in [0.1, 0.15) is 5.70 Å². The largest absolute Gasteiger partial charge is 0.388 e. The molecule has 0 aromatic rings. The Morgan fingerprint density at radius 3 is 2.35 bits per heavy atom. The molecule has 3 N–H and O–H groups in total. The van der Waals surface area contributed by atoms with Gasteiger partial charge in [0.15, 0.2) is 6.29 Å². The Morgan fingerprint density at radius 1 is 1.35 bits per heavy atom. The molecule has 0 aromatic carbocycles. The molecule has 1 amide bonds. The van der Waals surface area contributed by atoms with Crippen LogP contribution in [0.2, 0.25) is 0 Å². The second-order valence-electron chi connectivity index (χ2n) is 5.42. The van der Waals surface area contributed by atoms with Crippen LogP contribution in [0.1, 0.15) is 20.8 Å². The fraction of sp³-hybridized carbons (Fsp3) is 0.714. The lowest BCUT2D eigenvalue weighted by atomic mass is 9.79. The molecule has 0 radical (unpaired) electrons.